The van der Waals surface area contributed by atoms with Crippen LogP contribution >= 0.6 is 0 Å². The van der Waals surface area contributed by atoms with E-state index in [1.165, 1.54) is 23.5 Å². The van der Waals surface area contributed by atoms with Gasteiger partial charge in [-0.05, 0) is 0 Å². The molecular weight excluding hydrogens is 508 g/mol. The van der Waals surface area contributed by atoms with E-state index in [2.05, 4.69) is 34.9 Å². The van der Waals surface area contributed by atoms with Gasteiger partial charge in [0.1, 0.15) is 60.1 Å². The first-order valence-corrected chi connectivity index (χ1v) is 11.4. The minimum Gasteiger partial charge on any atom is -0.394 e. The normalized spacial score (nSPS) is 31.1. The lowest BCUT2D eigenvalue weighted by Crippen LogP contribution is -2.33. The number of nitrogens with zero attached hydrogens (tertiary/aromatic N) is 7. The van der Waals surface area contributed by atoms with Gasteiger partial charge in [-0.25, -0.2) is 29.9 Å². The summed E-state index contributed by atoms with van der Waals surface area (Å²) in [5, 5.41) is 57.3. The number of anilines is 2. The molecule has 2 fully saturated rings. The van der Waals surface area contributed by atoms with Crippen LogP contribution in [0.1, 0.15) is 18.2 Å². The second-order valence-electron chi connectivity index (χ2n) is 8.64. The average Bonchev–Trinajstić information content (AvgIpc) is 3.68. The molecule has 0 saturated carbocycles. The van der Waals surface area contributed by atoms with E-state index >= 15 is 0 Å². The van der Waals surface area contributed by atoms with Gasteiger partial charge >= 0.3 is 0 Å². The summed E-state index contributed by atoms with van der Waals surface area (Å²) in [7, 11) is 0. The van der Waals surface area contributed by atoms with E-state index in [1.54, 1.807) is 0 Å². The van der Waals surface area contributed by atoms with Crippen molar-refractivity contribution in [3.05, 3.63) is 24.8 Å². The van der Waals surface area contributed by atoms with Crippen molar-refractivity contribution in [3.63, 3.8) is 0 Å². The quantitative estimate of drug-likeness (QED) is 0.121. The molecule has 18 heteroatoms. The van der Waals surface area contributed by atoms with Crippen molar-refractivity contribution in [2.45, 2.75) is 49.0 Å². The number of fused-ring (bicyclic) bond motifs is 2. The van der Waals surface area contributed by atoms with Crippen LogP contribution in [0.4, 0.5) is 11.6 Å². The number of hydrogen-bond donors (Lipinski definition) is 9. The van der Waals surface area contributed by atoms with Crippen molar-refractivity contribution in [1.29, 1.82) is 0 Å². The molecule has 1 unspecified atom stereocenters. The van der Waals surface area contributed by atoms with E-state index in [9.17, 15) is 20.4 Å². The number of imidazole rings is 2. The van der Waals surface area contributed by atoms with Crippen molar-refractivity contribution in [1.82, 2.24) is 39.5 Å². The lowest BCUT2D eigenvalue weighted by atomic mass is 10.1. The van der Waals surface area contributed by atoms with Gasteiger partial charge in [0.15, 0.2) is 35.0 Å². The minimum atomic E-state index is -1.23. The van der Waals surface area contributed by atoms with Gasteiger partial charge in [-0.2, -0.15) is 0 Å². The molecular formula is C20H26N10O8. The fraction of sp³-hybridized carbons (Fsp3) is 0.500. The highest BCUT2D eigenvalue weighted by atomic mass is 16.6. The summed E-state index contributed by atoms with van der Waals surface area (Å²) < 4.78 is 12.2. The Morgan fingerprint density at radius 3 is 2.24 bits per heavy atom. The number of nitrogens with one attached hydrogen (secondary N) is 1. The molecule has 0 aliphatic carbocycles. The van der Waals surface area contributed by atoms with Crippen LogP contribution in [0.5, 0.6) is 0 Å². The summed E-state index contributed by atoms with van der Waals surface area (Å²) in [5.74, 6) is 0.519. The van der Waals surface area contributed by atoms with Gasteiger partial charge in [0, 0.05) is 0 Å². The maximum absolute atomic E-state index is 9.95. The van der Waals surface area contributed by atoms with Crippen molar-refractivity contribution < 1.29 is 40.1 Å². The standard InChI is InChI=1S/2C10H13N5O4/c11-8-5-9(13-2-12-8)15(3-14-5)10-7(18)6(17)4(1-16)19-10;11-8-4-9(13-2-12-4)15-10(14-8)7-6(18)5(17)3(1-16)19-7/h2-4,6-7,10,16-18H,1H2,(H2,11,12,13);2-3,5-7,16-18H,1H2,(H3,11,12,13,14,15)/t4-,6-,7-,10-;3-,5-,6-,7?/m11/s1. The van der Waals surface area contributed by atoms with Crippen molar-refractivity contribution in [2.75, 3.05) is 24.7 Å². The number of aliphatic hydroxyl groups is 6. The lowest BCUT2D eigenvalue weighted by Gasteiger charge is -2.16. The maximum atomic E-state index is 9.95. The molecule has 204 valence electrons. The molecule has 38 heavy (non-hydrogen) atoms. The number of ether oxygens (including phenoxy) is 2. The molecule has 0 bridgehead atoms. The van der Waals surface area contributed by atoms with Crippen LogP contribution in [-0.4, -0.2) is 120 Å². The fourth-order valence-corrected chi connectivity index (χ4v) is 4.28. The highest BCUT2D eigenvalue weighted by molar-refractivity contribution is 5.81. The van der Waals surface area contributed by atoms with Crippen LogP contribution in [-0.2, 0) is 9.47 Å². The first kappa shape index (κ1) is 26.0. The van der Waals surface area contributed by atoms with Crippen LogP contribution in [0, 0.1) is 0 Å². The maximum Gasteiger partial charge on any atom is 0.183 e. The van der Waals surface area contributed by atoms with Crippen LogP contribution in [0.15, 0.2) is 19.0 Å². The second-order valence-corrected chi connectivity index (χ2v) is 8.64. The summed E-state index contributed by atoms with van der Waals surface area (Å²) in [6, 6.07) is 0. The van der Waals surface area contributed by atoms with E-state index in [0.29, 0.717) is 22.3 Å². The zero-order valence-electron chi connectivity index (χ0n) is 19.6. The summed E-state index contributed by atoms with van der Waals surface area (Å²) in [6.07, 6.45) is -4.25. The molecule has 18 nitrogen and oxygen atoms in total. The molecule has 6 rings (SSSR count). The first-order chi connectivity index (χ1) is 18.2. The minimum absolute atomic E-state index is 0.125. The van der Waals surface area contributed by atoms with Crippen LogP contribution in [0.2, 0.25) is 0 Å². The number of aromatic amines is 1. The number of nitrogens with two attached hydrogens (primary N) is 2. The molecule has 11 N–H and O–H groups in total. The predicted molar refractivity (Wildman–Crippen MR) is 126 cm³/mol. The van der Waals surface area contributed by atoms with E-state index in [4.69, 9.17) is 31.2 Å². The number of nitrogen functional groups attached to an aromatic ring is 2. The van der Waals surface area contributed by atoms with Crippen molar-refractivity contribution in [2.24, 2.45) is 0 Å². The number of hydrogen-bond acceptors (Lipinski definition) is 16. The third-order valence-electron chi connectivity index (χ3n) is 6.31. The fourth-order valence-electron chi connectivity index (χ4n) is 4.28. The van der Waals surface area contributed by atoms with E-state index in [1.807, 2.05) is 0 Å². The summed E-state index contributed by atoms with van der Waals surface area (Å²) in [4.78, 5) is 26.8. The Kier molecular flexibility index (Phi) is 7.03. The molecule has 0 radical (unpaired) electrons. The number of aromatic nitrogens is 8. The van der Waals surface area contributed by atoms with Crippen LogP contribution < -0.4 is 11.5 Å². The Balaban J connectivity index is 0.000000155. The number of rotatable bonds is 4. The zero-order valence-corrected chi connectivity index (χ0v) is 19.6. The van der Waals surface area contributed by atoms with Gasteiger partial charge in [0.2, 0.25) is 0 Å². The van der Waals surface area contributed by atoms with Gasteiger partial charge in [-0.1, -0.05) is 0 Å². The Morgan fingerprint density at radius 1 is 0.842 bits per heavy atom. The molecule has 6 heterocycles. The van der Waals surface area contributed by atoms with E-state index in [-0.39, 0.29) is 17.5 Å². The highest BCUT2D eigenvalue weighted by Crippen LogP contribution is 2.33. The largest absolute Gasteiger partial charge is 0.394 e. The third-order valence-corrected chi connectivity index (χ3v) is 6.31. The van der Waals surface area contributed by atoms with Gasteiger partial charge in [-0.15, -0.1) is 0 Å². The monoisotopic (exact) mass is 534 g/mol. The molecule has 2 aliphatic rings. The lowest BCUT2D eigenvalue weighted by molar-refractivity contribution is -0.0511. The first-order valence-electron chi connectivity index (χ1n) is 11.4. The number of H-pyrrole nitrogens is 1. The Bertz CT molecular complexity index is 1420. The molecule has 0 aromatic carbocycles. The average molecular weight is 534 g/mol. The zero-order chi connectivity index (χ0) is 27.1. The van der Waals surface area contributed by atoms with Crippen LogP contribution in [0.3, 0.4) is 0 Å². The highest BCUT2D eigenvalue weighted by Gasteiger charge is 2.45. The Hall–Kier alpha value is -3.62. The summed E-state index contributed by atoms with van der Waals surface area (Å²) in [5.41, 5.74) is 13.0. The van der Waals surface area contributed by atoms with E-state index < -0.39 is 62.2 Å². The van der Waals surface area contributed by atoms with Crippen molar-refractivity contribution >= 4 is 34.0 Å². The van der Waals surface area contributed by atoms with Gasteiger partial charge in [0.25, 0.3) is 0 Å². The number of aliphatic hydroxyl groups excluding tert-OH is 6. The molecule has 4 aromatic rings. The summed E-state index contributed by atoms with van der Waals surface area (Å²) >= 11 is 0. The molecule has 8 atom stereocenters. The van der Waals surface area contributed by atoms with E-state index in [0.717, 1.165) is 0 Å². The van der Waals surface area contributed by atoms with Gasteiger partial charge < -0.3 is 56.6 Å². The molecule has 2 saturated heterocycles. The van der Waals surface area contributed by atoms with Gasteiger partial charge in [0.05, 0.1) is 25.9 Å². The Morgan fingerprint density at radius 2 is 1.55 bits per heavy atom. The summed E-state index contributed by atoms with van der Waals surface area (Å²) in [6.45, 7) is -0.798. The van der Waals surface area contributed by atoms with Gasteiger partial charge in [-0.3, -0.25) is 4.57 Å². The molecule has 2 aliphatic heterocycles. The Labute approximate surface area is 212 Å². The molecule has 0 amide bonds. The van der Waals surface area contributed by atoms with Crippen LogP contribution in [0.25, 0.3) is 22.3 Å². The topological polar surface area (TPSA) is 290 Å². The smallest absolute Gasteiger partial charge is 0.183 e. The third kappa shape index (κ3) is 4.37. The molecule has 0 spiro atoms. The predicted octanol–water partition coefficient (Wildman–Crippen LogP) is -3.89. The second kappa shape index (κ2) is 10.3. The van der Waals surface area contributed by atoms with Crippen molar-refractivity contribution in [3.8, 4) is 0 Å². The SMILES string of the molecule is Nc1nc(C2O[C@H](CO)[C@@H](O)[C@H]2O)nc2nc[nH]c12.Nc1ncnc2c1ncn2[C@@H]1O[C@H](CO)[C@@H](O)[C@H]1O. The molecule has 4 aromatic heterocycles.